The summed E-state index contributed by atoms with van der Waals surface area (Å²) in [5, 5.41) is 8.96. The quantitative estimate of drug-likeness (QED) is 0.652. The van der Waals surface area contributed by atoms with Crippen molar-refractivity contribution in [3.05, 3.63) is 52.7 Å². The van der Waals surface area contributed by atoms with Crippen LogP contribution in [0, 0.1) is 25.2 Å². The first kappa shape index (κ1) is 24.2. The summed E-state index contributed by atoms with van der Waals surface area (Å²) in [6.45, 7) is 3.82. The van der Waals surface area contributed by atoms with Crippen LogP contribution in [-0.4, -0.2) is 46.9 Å². The van der Waals surface area contributed by atoms with E-state index < -0.39 is 18.3 Å². The molecule has 172 valence electrons. The molecule has 3 rings (SSSR count). The minimum atomic E-state index is -3.10. The Balaban J connectivity index is 1.88. The maximum atomic E-state index is 13.1. The summed E-state index contributed by atoms with van der Waals surface area (Å²) in [4.78, 5) is 43.2. The third kappa shape index (κ3) is 5.48. The van der Waals surface area contributed by atoms with E-state index in [0.717, 1.165) is 21.6 Å². The van der Waals surface area contributed by atoms with Gasteiger partial charge in [0.05, 0.1) is 11.3 Å². The van der Waals surface area contributed by atoms with Gasteiger partial charge in [0, 0.05) is 37.7 Å². The molecule has 0 saturated carbocycles. The summed E-state index contributed by atoms with van der Waals surface area (Å²) in [6, 6.07) is 9.20. The Morgan fingerprint density at radius 1 is 1.09 bits per heavy atom. The van der Waals surface area contributed by atoms with Crippen molar-refractivity contribution in [3.63, 3.8) is 0 Å². The second-order valence-corrected chi connectivity index (χ2v) is 8.27. The van der Waals surface area contributed by atoms with Crippen molar-refractivity contribution in [3.8, 4) is 17.3 Å². The second kappa shape index (κ2) is 10.4. The summed E-state index contributed by atoms with van der Waals surface area (Å²) in [5.74, 6) is -2.69. The number of Topliss-reactive ketones (excluding diaryl/α,β-unsaturated/α-hetero) is 2. The van der Waals surface area contributed by atoms with E-state index in [1.165, 1.54) is 6.20 Å². The van der Waals surface area contributed by atoms with Crippen LogP contribution in [0.5, 0.6) is 0 Å². The van der Waals surface area contributed by atoms with Crippen LogP contribution in [0.25, 0.3) is 11.3 Å². The van der Waals surface area contributed by atoms with E-state index in [-0.39, 0.29) is 50.3 Å². The number of carbonyl (C=O) groups is 3. The third-order valence-electron chi connectivity index (χ3n) is 5.92. The molecule has 0 atom stereocenters. The predicted molar refractivity (Wildman–Crippen MR) is 118 cm³/mol. The van der Waals surface area contributed by atoms with Crippen LogP contribution in [0.2, 0.25) is 0 Å². The van der Waals surface area contributed by atoms with Gasteiger partial charge in [0.1, 0.15) is 23.6 Å². The summed E-state index contributed by atoms with van der Waals surface area (Å²) in [7, 11) is 0. The highest BCUT2D eigenvalue weighted by Gasteiger charge is 2.32. The van der Waals surface area contributed by atoms with Crippen LogP contribution in [0.15, 0.2) is 30.5 Å². The van der Waals surface area contributed by atoms with Crippen molar-refractivity contribution in [1.29, 1.82) is 5.26 Å². The lowest BCUT2D eigenvalue weighted by Crippen LogP contribution is -2.38. The highest BCUT2D eigenvalue weighted by molar-refractivity contribution is 6.08. The number of pyridine rings is 1. The fraction of sp³-hybridized carbons (Fsp3) is 0.400. The Labute approximate surface area is 191 Å². The smallest absolute Gasteiger partial charge is 0.315 e. The van der Waals surface area contributed by atoms with Crippen LogP contribution in [0.1, 0.15) is 53.9 Å². The zero-order chi connectivity index (χ0) is 24.1. The van der Waals surface area contributed by atoms with Crippen molar-refractivity contribution in [2.75, 3.05) is 13.1 Å². The topological polar surface area (TPSA) is 91.1 Å². The van der Waals surface area contributed by atoms with Gasteiger partial charge in [-0.15, -0.1) is 0 Å². The average Bonchev–Trinajstić information content (AvgIpc) is 2.79. The lowest BCUT2D eigenvalue weighted by atomic mass is 9.81. The number of nitriles is 1. The maximum absolute atomic E-state index is 13.1. The van der Waals surface area contributed by atoms with Crippen molar-refractivity contribution in [2.45, 2.75) is 51.9 Å². The Morgan fingerprint density at radius 3 is 2.12 bits per heavy atom. The highest BCUT2D eigenvalue weighted by Crippen LogP contribution is 2.32. The van der Waals surface area contributed by atoms with Gasteiger partial charge in [-0.05, 0) is 67.6 Å². The number of halogens is 2. The number of nitrogens with zero attached hydrogens (tertiary/aromatic N) is 3. The molecule has 2 heterocycles. The fourth-order valence-corrected chi connectivity index (χ4v) is 4.36. The molecule has 0 N–H and O–H groups in total. The van der Waals surface area contributed by atoms with Gasteiger partial charge in [0.15, 0.2) is 0 Å². The highest BCUT2D eigenvalue weighted by atomic mass is 19.3. The Hall–Kier alpha value is -3.47. The molecule has 1 aliphatic heterocycles. The number of hydrogen-bond acceptors (Lipinski definition) is 5. The Kier molecular flexibility index (Phi) is 7.64. The van der Waals surface area contributed by atoms with Gasteiger partial charge in [-0.25, -0.2) is 0 Å². The normalized spacial score (nSPS) is 16.1. The second-order valence-electron chi connectivity index (χ2n) is 8.27. The molecule has 0 bridgehead atoms. The fourth-order valence-electron chi connectivity index (χ4n) is 4.36. The van der Waals surface area contributed by atoms with E-state index in [1.807, 2.05) is 32.0 Å². The molecular formula is C25H25F2N3O3. The molecule has 1 amide bonds. The number of aromatic nitrogens is 1. The number of benzene rings is 1. The molecule has 0 spiro atoms. The van der Waals surface area contributed by atoms with Crippen LogP contribution >= 0.6 is 0 Å². The van der Waals surface area contributed by atoms with Gasteiger partial charge < -0.3 is 4.90 Å². The molecular weight excluding hydrogens is 428 g/mol. The van der Waals surface area contributed by atoms with E-state index in [4.69, 9.17) is 5.26 Å². The average molecular weight is 453 g/mol. The van der Waals surface area contributed by atoms with E-state index in [0.29, 0.717) is 16.8 Å². The molecule has 1 saturated heterocycles. The van der Waals surface area contributed by atoms with Gasteiger partial charge in [-0.2, -0.15) is 14.0 Å². The number of carbonyl (C=O) groups excluding carboxylic acids is 3. The molecule has 0 aliphatic carbocycles. The Morgan fingerprint density at radius 2 is 1.67 bits per heavy atom. The van der Waals surface area contributed by atoms with Gasteiger partial charge >= 0.3 is 6.43 Å². The van der Waals surface area contributed by atoms with Gasteiger partial charge in [-0.1, -0.05) is 0 Å². The molecule has 1 aliphatic rings. The zero-order valence-electron chi connectivity index (χ0n) is 18.6. The number of alkyl halides is 2. The molecule has 1 aromatic heterocycles. The third-order valence-corrected chi connectivity index (χ3v) is 5.92. The standard InChI is InChI=1S/C25H25F2N3O3/c1-15-11-18(19-8-7-17(13-28)14-29-19)12-16(2)22(15)23-20(31)5-3-9-30(25(33)24(26)27)10-4-6-21(23)32/h7-8,11-12,14,23-24H,3-6,9-10H2,1-2H3. The van der Waals surface area contributed by atoms with Crippen LogP contribution in [0.3, 0.4) is 0 Å². The molecule has 1 fully saturated rings. The van der Waals surface area contributed by atoms with Gasteiger partial charge in [0.25, 0.3) is 5.91 Å². The molecule has 8 heteroatoms. The Bertz CT molecular complexity index is 1060. The van der Waals surface area contributed by atoms with E-state index in [1.54, 1.807) is 12.1 Å². The maximum Gasteiger partial charge on any atom is 0.315 e. The molecule has 2 aromatic rings. The SMILES string of the molecule is Cc1cc(-c2ccc(C#N)cn2)cc(C)c1C1C(=O)CCCN(C(=O)C(F)F)CCCC1=O. The molecule has 1 aromatic carbocycles. The lowest BCUT2D eigenvalue weighted by molar-refractivity contribution is -0.143. The van der Waals surface area contributed by atoms with E-state index in [2.05, 4.69) is 4.98 Å². The summed E-state index contributed by atoms with van der Waals surface area (Å²) >= 11 is 0. The summed E-state index contributed by atoms with van der Waals surface area (Å²) in [5.41, 5.74) is 4.20. The zero-order valence-corrected chi connectivity index (χ0v) is 18.6. The number of amides is 1. The number of aryl methyl sites for hydroxylation is 2. The first-order valence-electron chi connectivity index (χ1n) is 10.8. The molecule has 33 heavy (non-hydrogen) atoms. The van der Waals surface area contributed by atoms with Gasteiger partial charge in [-0.3, -0.25) is 19.4 Å². The first-order valence-corrected chi connectivity index (χ1v) is 10.8. The van der Waals surface area contributed by atoms with Crippen LogP contribution in [0.4, 0.5) is 8.78 Å². The number of hydrogen-bond donors (Lipinski definition) is 0. The summed E-state index contributed by atoms with van der Waals surface area (Å²) < 4.78 is 25.6. The largest absolute Gasteiger partial charge is 0.338 e. The van der Waals surface area contributed by atoms with Crippen molar-refractivity contribution >= 4 is 17.5 Å². The van der Waals surface area contributed by atoms with Crippen molar-refractivity contribution in [1.82, 2.24) is 9.88 Å². The molecule has 0 radical (unpaired) electrons. The molecule has 0 unspecified atom stereocenters. The number of rotatable bonds is 3. The number of ketones is 2. The minimum Gasteiger partial charge on any atom is -0.338 e. The van der Waals surface area contributed by atoms with Crippen LogP contribution < -0.4 is 0 Å². The summed E-state index contributed by atoms with van der Waals surface area (Å²) in [6.07, 6.45) is -1.09. The monoisotopic (exact) mass is 453 g/mol. The van der Waals surface area contributed by atoms with Crippen LogP contribution in [-0.2, 0) is 14.4 Å². The van der Waals surface area contributed by atoms with Crippen molar-refractivity contribution in [2.24, 2.45) is 0 Å². The lowest BCUT2D eigenvalue weighted by Gasteiger charge is -2.26. The molecule has 6 nitrogen and oxygen atoms in total. The van der Waals surface area contributed by atoms with Crippen molar-refractivity contribution < 1.29 is 23.2 Å². The first-order chi connectivity index (χ1) is 15.7. The van der Waals surface area contributed by atoms with Gasteiger partial charge in [0.2, 0.25) is 0 Å². The predicted octanol–water partition coefficient (Wildman–Crippen LogP) is 4.13. The van der Waals surface area contributed by atoms with E-state index >= 15 is 0 Å². The minimum absolute atomic E-state index is 0.0290. The van der Waals surface area contributed by atoms with E-state index in [9.17, 15) is 23.2 Å².